The van der Waals surface area contributed by atoms with Gasteiger partial charge in [0.1, 0.15) is 5.82 Å². The molecule has 4 nitrogen and oxygen atoms in total. The molecule has 1 aliphatic heterocycles. The van der Waals surface area contributed by atoms with Gasteiger partial charge in [-0.3, -0.25) is 9.69 Å². The molecule has 0 radical (unpaired) electrons. The van der Waals surface area contributed by atoms with Crippen molar-refractivity contribution in [3.8, 4) is 0 Å². The van der Waals surface area contributed by atoms with E-state index in [-0.39, 0.29) is 30.4 Å². The molecule has 26 heavy (non-hydrogen) atoms. The summed E-state index contributed by atoms with van der Waals surface area (Å²) in [4.78, 5) is 14.6. The van der Waals surface area contributed by atoms with E-state index in [9.17, 15) is 14.3 Å². The number of nitrogens with zero attached hydrogens (tertiary/aromatic N) is 1. The van der Waals surface area contributed by atoms with Gasteiger partial charge in [-0.1, -0.05) is 36.8 Å². The first-order chi connectivity index (χ1) is 12.7. The molecule has 1 fully saturated rings. The zero-order valence-electron chi connectivity index (χ0n) is 14.8. The summed E-state index contributed by atoms with van der Waals surface area (Å²) in [5, 5.41) is 12.9. The van der Waals surface area contributed by atoms with E-state index in [0.717, 1.165) is 31.4 Å². The molecule has 0 saturated carbocycles. The number of rotatable bonds is 6. The van der Waals surface area contributed by atoms with E-state index in [2.05, 4.69) is 10.2 Å². The molecule has 2 aromatic carbocycles. The smallest absolute Gasteiger partial charge is 0.251 e. The van der Waals surface area contributed by atoms with Crippen LogP contribution in [0.2, 0.25) is 0 Å². The lowest BCUT2D eigenvalue weighted by Crippen LogP contribution is -2.49. The summed E-state index contributed by atoms with van der Waals surface area (Å²) in [7, 11) is 0. The second kappa shape index (κ2) is 8.92. The number of benzene rings is 2. The number of nitrogens with one attached hydrogen (secondary N) is 1. The van der Waals surface area contributed by atoms with Gasteiger partial charge in [-0.05, 0) is 49.2 Å². The lowest BCUT2D eigenvalue weighted by atomic mass is 9.96. The molecular weight excluding hydrogens is 331 g/mol. The molecule has 1 heterocycles. The van der Waals surface area contributed by atoms with Gasteiger partial charge in [0, 0.05) is 18.2 Å². The molecule has 0 bridgehead atoms. The molecule has 1 amide bonds. The van der Waals surface area contributed by atoms with Gasteiger partial charge in [0.15, 0.2) is 0 Å². The normalized spacial score (nSPS) is 19.1. The fraction of sp³-hybridized carbons (Fsp3) is 0.381. The van der Waals surface area contributed by atoms with Crippen LogP contribution in [-0.2, 0) is 0 Å². The number of hydrogen-bond donors (Lipinski definition) is 2. The number of amides is 1. The quantitative estimate of drug-likeness (QED) is 0.836. The van der Waals surface area contributed by atoms with Gasteiger partial charge in [0.2, 0.25) is 0 Å². The summed E-state index contributed by atoms with van der Waals surface area (Å²) in [6.45, 7) is 1.46. The van der Waals surface area contributed by atoms with Crippen molar-refractivity contribution in [2.45, 2.75) is 31.3 Å². The average Bonchev–Trinajstić information content (AvgIpc) is 2.69. The summed E-state index contributed by atoms with van der Waals surface area (Å²) >= 11 is 0. The van der Waals surface area contributed by atoms with Crippen LogP contribution in [0.1, 0.15) is 41.2 Å². The number of halogens is 1. The monoisotopic (exact) mass is 356 g/mol. The largest absolute Gasteiger partial charge is 0.394 e. The first-order valence-corrected chi connectivity index (χ1v) is 9.14. The van der Waals surface area contributed by atoms with E-state index in [1.165, 1.54) is 24.3 Å². The Hall–Kier alpha value is -2.24. The van der Waals surface area contributed by atoms with Crippen molar-refractivity contribution in [1.29, 1.82) is 0 Å². The molecule has 0 aliphatic carbocycles. The molecule has 0 unspecified atom stereocenters. The second-order valence-electron chi connectivity index (χ2n) is 6.71. The van der Waals surface area contributed by atoms with Crippen molar-refractivity contribution in [3.63, 3.8) is 0 Å². The van der Waals surface area contributed by atoms with E-state index in [1.54, 1.807) is 0 Å². The van der Waals surface area contributed by atoms with Gasteiger partial charge in [-0.2, -0.15) is 0 Å². The third kappa shape index (κ3) is 4.48. The van der Waals surface area contributed by atoms with E-state index in [4.69, 9.17) is 0 Å². The van der Waals surface area contributed by atoms with Gasteiger partial charge in [0.05, 0.1) is 12.6 Å². The van der Waals surface area contributed by atoms with Gasteiger partial charge in [-0.15, -0.1) is 0 Å². The van der Waals surface area contributed by atoms with Crippen LogP contribution >= 0.6 is 0 Å². The molecular formula is C21H25FN2O2. The molecule has 1 saturated heterocycles. The van der Waals surface area contributed by atoms with Crippen molar-refractivity contribution in [1.82, 2.24) is 10.2 Å². The lowest BCUT2D eigenvalue weighted by molar-refractivity contribution is 0.0545. The molecule has 2 aromatic rings. The minimum absolute atomic E-state index is 0.0480. The Balaban J connectivity index is 1.66. The summed E-state index contributed by atoms with van der Waals surface area (Å²) in [5.41, 5.74) is 1.54. The summed E-state index contributed by atoms with van der Waals surface area (Å²) in [6, 6.07) is 15.7. The fourth-order valence-electron chi connectivity index (χ4n) is 3.64. The zero-order chi connectivity index (χ0) is 18.4. The van der Waals surface area contributed by atoms with E-state index >= 15 is 0 Å². The molecule has 3 rings (SSSR count). The molecule has 0 spiro atoms. The van der Waals surface area contributed by atoms with Crippen molar-refractivity contribution >= 4 is 5.91 Å². The molecule has 2 N–H and O–H groups in total. The van der Waals surface area contributed by atoms with Crippen LogP contribution in [0, 0.1) is 5.82 Å². The summed E-state index contributed by atoms with van der Waals surface area (Å²) in [5.74, 6) is -0.551. The van der Waals surface area contributed by atoms with Crippen molar-refractivity contribution in [3.05, 3.63) is 71.5 Å². The highest BCUT2D eigenvalue weighted by Gasteiger charge is 2.29. The fourth-order valence-corrected chi connectivity index (χ4v) is 3.64. The van der Waals surface area contributed by atoms with Crippen LogP contribution < -0.4 is 5.32 Å². The van der Waals surface area contributed by atoms with Gasteiger partial charge < -0.3 is 10.4 Å². The lowest BCUT2D eigenvalue weighted by Gasteiger charge is -2.41. The number of aliphatic hydroxyl groups is 1. The molecule has 1 aliphatic rings. The molecule has 2 atom stereocenters. The number of carbonyl (C=O) groups is 1. The molecule has 0 aromatic heterocycles. The van der Waals surface area contributed by atoms with Crippen LogP contribution in [-0.4, -0.2) is 41.7 Å². The third-order valence-corrected chi connectivity index (χ3v) is 5.03. The Morgan fingerprint density at radius 1 is 1.15 bits per heavy atom. The highest BCUT2D eigenvalue weighted by Crippen LogP contribution is 2.28. The number of carbonyl (C=O) groups excluding carboxylic acids is 1. The van der Waals surface area contributed by atoms with Gasteiger partial charge in [0.25, 0.3) is 5.91 Å². The minimum atomic E-state index is -0.353. The standard InChI is InChI=1S/C21H25FN2O2/c22-18-11-9-17(10-12-18)21(26)23-14-19-8-4-5-13-24(19)20(15-25)16-6-2-1-3-7-16/h1-3,6-7,9-12,19-20,25H,4-5,8,13-15H2,(H,23,26)/t19-,20-/m0/s1. The van der Waals surface area contributed by atoms with Gasteiger partial charge in [-0.25, -0.2) is 4.39 Å². The summed E-state index contributed by atoms with van der Waals surface area (Å²) in [6.07, 6.45) is 3.18. The Morgan fingerprint density at radius 3 is 2.58 bits per heavy atom. The van der Waals surface area contributed by atoms with Crippen LogP contribution in [0.4, 0.5) is 4.39 Å². The maximum Gasteiger partial charge on any atom is 0.251 e. The van der Waals surface area contributed by atoms with Crippen molar-refractivity contribution in [2.24, 2.45) is 0 Å². The molecule has 5 heteroatoms. The third-order valence-electron chi connectivity index (χ3n) is 5.03. The number of hydrogen-bond acceptors (Lipinski definition) is 3. The minimum Gasteiger partial charge on any atom is -0.394 e. The topological polar surface area (TPSA) is 52.6 Å². The molecule has 138 valence electrons. The van der Waals surface area contributed by atoms with Crippen LogP contribution in [0.3, 0.4) is 0 Å². The average molecular weight is 356 g/mol. The number of piperidine rings is 1. The summed E-state index contributed by atoms with van der Waals surface area (Å²) < 4.78 is 13.0. The SMILES string of the molecule is O=C(NC[C@@H]1CCCCN1[C@@H](CO)c1ccccc1)c1ccc(F)cc1. The van der Waals surface area contributed by atoms with Crippen LogP contribution in [0.5, 0.6) is 0 Å². The van der Waals surface area contributed by atoms with Crippen molar-refractivity contribution in [2.75, 3.05) is 19.7 Å². The van der Waals surface area contributed by atoms with Crippen LogP contribution in [0.15, 0.2) is 54.6 Å². The van der Waals surface area contributed by atoms with E-state index in [1.807, 2.05) is 30.3 Å². The van der Waals surface area contributed by atoms with Crippen LogP contribution in [0.25, 0.3) is 0 Å². The predicted octanol–water partition coefficient (Wildman–Crippen LogP) is 3.14. The highest BCUT2D eigenvalue weighted by atomic mass is 19.1. The second-order valence-corrected chi connectivity index (χ2v) is 6.71. The first kappa shape index (κ1) is 18.5. The number of aliphatic hydroxyl groups excluding tert-OH is 1. The Morgan fingerprint density at radius 2 is 1.88 bits per heavy atom. The zero-order valence-corrected chi connectivity index (χ0v) is 14.8. The predicted molar refractivity (Wildman–Crippen MR) is 99.3 cm³/mol. The first-order valence-electron chi connectivity index (χ1n) is 9.14. The number of likely N-dealkylation sites (tertiary alicyclic amines) is 1. The van der Waals surface area contributed by atoms with Crippen molar-refractivity contribution < 1.29 is 14.3 Å². The van der Waals surface area contributed by atoms with E-state index < -0.39 is 0 Å². The maximum atomic E-state index is 13.0. The van der Waals surface area contributed by atoms with Gasteiger partial charge >= 0.3 is 0 Å². The maximum absolute atomic E-state index is 13.0. The Labute approximate surface area is 153 Å². The Bertz CT molecular complexity index is 706. The highest BCUT2D eigenvalue weighted by molar-refractivity contribution is 5.94. The Kier molecular flexibility index (Phi) is 6.36. The van der Waals surface area contributed by atoms with E-state index in [0.29, 0.717) is 12.1 Å².